The Kier molecular flexibility index (Phi) is 6.02. The summed E-state index contributed by atoms with van der Waals surface area (Å²) in [7, 11) is 0. The number of carbonyl (C=O) groups is 2. The van der Waals surface area contributed by atoms with Gasteiger partial charge in [-0.25, -0.2) is 0 Å². The molecule has 3 unspecified atom stereocenters. The van der Waals surface area contributed by atoms with E-state index < -0.39 is 0 Å². The molecule has 5 nitrogen and oxygen atoms in total. The summed E-state index contributed by atoms with van der Waals surface area (Å²) in [4.78, 5) is 28.1. The van der Waals surface area contributed by atoms with E-state index >= 15 is 0 Å². The molecule has 4 rings (SSSR count). The van der Waals surface area contributed by atoms with E-state index in [0.29, 0.717) is 18.6 Å². The zero-order valence-corrected chi connectivity index (χ0v) is 15.9. The van der Waals surface area contributed by atoms with Gasteiger partial charge in [0, 0.05) is 24.7 Å². The summed E-state index contributed by atoms with van der Waals surface area (Å²) in [5, 5.41) is 8.77. The Morgan fingerprint density at radius 2 is 1.92 bits per heavy atom. The largest absolute Gasteiger partial charge is 0.351 e. The van der Waals surface area contributed by atoms with Crippen molar-refractivity contribution in [1.29, 1.82) is 0 Å². The van der Waals surface area contributed by atoms with E-state index in [1.54, 1.807) is 4.90 Å². The van der Waals surface area contributed by atoms with Gasteiger partial charge in [0.1, 0.15) is 6.04 Å². The van der Waals surface area contributed by atoms with Crippen molar-refractivity contribution < 1.29 is 9.59 Å². The Morgan fingerprint density at radius 3 is 2.60 bits per heavy atom. The van der Waals surface area contributed by atoms with Crippen molar-refractivity contribution >= 4 is 35.6 Å². The molecule has 1 aromatic heterocycles. The summed E-state index contributed by atoms with van der Waals surface area (Å²) in [5.74, 6) is 0.0566. The van der Waals surface area contributed by atoms with Crippen LogP contribution in [0.15, 0.2) is 17.5 Å². The summed E-state index contributed by atoms with van der Waals surface area (Å²) in [6, 6.07) is 4.81. The molecular weight excluding hydrogens is 358 g/mol. The molecule has 2 amide bonds. The first-order valence-corrected chi connectivity index (χ1v) is 9.99. The molecule has 3 atom stereocenters. The fourth-order valence-electron chi connectivity index (χ4n) is 4.46. The van der Waals surface area contributed by atoms with E-state index in [0.717, 1.165) is 37.0 Å². The van der Waals surface area contributed by atoms with E-state index in [9.17, 15) is 9.59 Å². The van der Waals surface area contributed by atoms with E-state index in [2.05, 4.69) is 10.6 Å². The Labute approximate surface area is 158 Å². The van der Waals surface area contributed by atoms with Crippen molar-refractivity contribution in [3.63, 3.8) is 0 Å². The Hall–Kier alpha value is -1.11. The van der Waals surface area contributed by atoms with Gasteiger partial charge in [-0.05, 0) is 56.4 Å². The number of amides is 2. The number of nitrogens with one attached hydrogen (secondary N) is 2. The summed E-state index contributed by atoms with van der Waals surface area (Å²) >= 11 is 1.45. The number of nitrogens with zero attached hydrogens (tertiary/aromatic N) is 1. The van der Waals surface area contributed by atoms with Crippen LogP contribution in [0.3, 0.4) is 0 Å². The van der Waals surface area contributed by atoms with Crippen molar-refractivity contribution in [2.45, 2.75) is 69.1 Å². The van der Waals surface area contributed by atoms with Gasteiger partial charge in [-0.1, -0.05) is 6.07 Å². The zero-order valence-electron chi connectivity index (χ0n) is 14.3. The number of halogens is 1. The third-order valence-corrected chi connectivity index (χ3v) is 6.48. The molecule has 3 aliphatic rings. The lowest BCUT2D eigenvalue weighted by Crippen LogP contribution is -2.56. The SMILES string of the molecule is Cl.O=C(NC1CC2CCC(C1)N2)C1CCCCN1C(=O)c1cccs1. The van der Waals surface area contributed by atoms with Gasteiger partial charge in [0.05, 0.1) is 4.88 Å². The normalized spacial score (nSPS) is 31.3. The van der Waals surface area contributed by atoms with Crippen LogP contribution in [0.2, 0.25) is 0 Å². The highest BCUT2D eigenvalue weighted by Gasteiger charge is 2.37. The molecule has 0 saturated carbocycles. The Bertz CT molecular complexity index is 597. The number of fused-ring (bicyclic) bond motifs is 2. The monoisotopic (exact) mass is 383 g/mol. The van der Waals surface area contributed by atoms with Crippen molar-refractivity contribution in [1.82, 2.24) is 15.5 Å². The number of carbonyl (C=O) groups excluding carboxylic acids is 2. The van der Waals surface area contributed by atoms with Crippen LogP contribution in [-0.2, 0) is 4.79 Å². The molecule has 3 fully saturated rings. The predicted molar refractivity (Wildman–Crippen MR) is 101 cm³/mol. The molecule has 2 bridgehead atoms. The van der Waals surface area contributed by atoms with Gasteiger partial charge in [0.2, 0.25) is 5.91 Å². The lowest BCUT2D eigenvalue weighted by molar-refractivity contribution is -0.127. The van der Waals surface area contributed by atoms with E-state index in [4.69, 9.17) is 0 Å². The second-order valence-electron chi connectivity index (χ2n) is 7.30. The topological polar surface area (TPSA) is 61.4 Å². The Morgan fingerprint density at radius 1 is 1.16 bits per heavy atom. The number of thiophene rings is 1. The minimum absolute atomic E-state index is 0. The van der Waals surface area contributed by atoms with E-state index in [1.807, 2.05) is 17.5 Å². The molecule has 3 aliphatic heterocycles. The van der Waals surface area contributed by atoms with Crippen LogP contribution in [0.25, 0.3) is 0 Å². The van der Waals surface area contributed by atoms with Gasteiger partial charge in [-0.15, -0.1) is 23.7 Å². The van der Waals surface area contributed by atoms with Crippen molar-refractivity contribution in [2.75, 3.05) is 6.54 Å². The Balaban J connectivity index is 0.00000182. The van der Waals surface area contributed by atoms with Crippen molar-refractivity contribution in [3.8, 4) is 0 Å². The second-order valence-corrected chi connectivity index (χ2v) is 8.25. The van der Waals surface area contributed by atoms with Crippen LogP contribution in [0.4, 0.5) is 0 Å². The smallest absolute Gasteiger partial charge is 0.264 e. The van der Waals surface area contributed by atoms with Gasteiger partial charge < -0.3 is 15.5 Å². The number of hydrogen-bond donors (Lipinski definition) is 2. The molecular formula is C18H26ClN3O2S. The zero-order chi connectivity index (χ0) is 16.5. The minimum Gasteiger partial charge on any atom is -0.351 e. The average Bonchev–Trinajstić information content (AvgIpc) is 3.24. The lowest BCUT2D eigenvalue weighted by atomic mass is 9.97. The highest BCUT2D eigenvalue weighted by Crippen LogP contribution is 2.28. The standard InChI is InChI=1S/C18H25N3O2S.ClH/c22-17(20-14-10-12-6-7-13(11-14)19-12)15-4-1-2-8-21(15)18(23)16-5-3-9-24-16;/h3,5,9,12-15,19H,1-2,4,6-8,10-11H2,(H,20,22);1H. The van der Waals surface area contributed by atoms with Gasteiger partial charge in [-0.2, -0.15) is 0 Å². The maximum absolute atomic E-state index is 12.9. The van der Waals surface area contributed by atoms with Crippen LogP contribution < -0.4 is 10.6 Å². The predicted octanol–water partition coefficient (Wildman–Crippen LogP) is 2.56. The molecule has 3 saturated heterocycles. The third-order valence-electron chi connectivity index (χ3n) is 5.62. The summed E-state index contributed by atoms with van der Waals surface area (Å²) < 4.78 is 0. The second kappa shape index (κ2) is 8.06. The fourth-order valence-corrected chi connectivity index (χ4v) is 5.14. The van der Waals surface area contributed by atoms with E-state index in [1.165, 1.54) is 24.2 Å². The summed E-state index contributed by atoms with van der Waals surface area (Å²) in [5.41, 5.74) is 0. The van der Waals surface area contributed by atoms with Crippen LogP contribution in [-0.4, -0.2) is 47.4 Å². The molecule has 0 spiro atoms. The molecule has 7 heteroatoms. The van der Waals surface area contributed by atoms with Crippen LogP contribution in [0.5, 0.6) is 0 Å². The quantitative estimate of drug-likeness (QED) is 0.843. The minimum atomic E-state index is -0.305. The molecule has 0 radical (unpaired) electrons. The first-order valence-electron chi connectivity index (χ1n) is 9.11. The molecule has 0 aliphatic carbocycles. The fraction of sp³-hybridized carbons (Fsp3) is 0.667. The van der Waals surface area contributed by atoms with Gasteiger partial charge in [-0.3, -0.25) is 9.59 Å². The number of likely N-dealkylation sites (tertiary alicyclic amines) is 1. The molecule has 4 heterocycles. The maximum atomic E-state index is 12.9. The highest BCUT2D eigenvalue weighted by molar-refractivity contribution is 7.12. The molecule has 25 heavy (non-hydrogen) atoms. The maximum Gasteiger partial charge on any atom is 0.264 e. The first-order chi connectivity index (χ1) is 11.7. The number of piperidine rings is 2. The number of rotatable bonds is 3. The van der Waals surface area contributed by atoms with Crippen LogP contribution >= 0.6 is 23.7 Å². The van der Waals surface area contributed by atoms with Gasteiger partial charge in [0.15, 0.2) is 0 Å². The lowest BCUT2D eigenvalue weighted by Gasteiger charge is -2.36. The first kappa shape index (κ1) is 18.7. The van der Waals surface area contributed by atoms with Crippen LogP contribution in [0.1, 0.15) is 54.6 Å². The summed E-state index contributed by atoms with van der Waals surface area (Å²) in [6.45, 7) is 0.687. The number of hydrogen-bond acceptors (Lipinski definition) is 4. The third kappa shape index (κ3) is 4.01. The molecule has 138 valence electrons. The van der Waals surface area contributed by atoms with Gasteiger partial charge >= 0.3 is 0 Å². The van der Waals surface area contributed by atoms with Crippen LogP contribution in [0, 0.1) is 0 Å². The van der Waals surface area contributed by atoms with E-state index in [-0.39, 0.29) is 36.3 Å². The van der Waals surface area contributed by atoms with Gasteiger partial charge in [0.25, 0.3) is 5.91 Å². The summed E-state index contributed by atoms with van der Waals surface area (Å²) in [6.07, 6.45) is 7.28. The van der Waals surface area contributed by atoms with Crippen molar-refractivity contribution in [3.05, 3.63) is 22.4 Å². The van der Waals surface area contributed by atoms with Crippen molar-refractivity contribution in [2.24, 2.45) is 0 Å². The molecule has 1 aromatic rings. The highest BCUT2D eigenvalue weighted by atomic mass is 35.5. The molecule has 2 N–H and O–H groups in total. The molecule has 0 aromatic carbocycles. The average molecular weight is 384 g/mol.